The second-order valence-corrected chi connectivity index (χ2v) is 8.06. The van der Waals surface area contributed by atoms with Gasteiger partial charge < -0.3 is 14.7 Å². The number of hydrogen-bond donors (Lipinski definition) is 1. The number of carbonyl (C=O) groups is 2. The number of carbonyl (C=O) groups excluding carboxylic acids is 2. The molecule has 0 saturated carbocycles. The third-order valence-corrected chi connectivity index (χ3v) is 5.48. The highest BCUT2D eigenvalue weighted by Crippen LogP contribution is 2.31. The van der Waals surface area contributed by atoms with Gasteiger partial charge in [-0.2, -0.15) is 0 Å². The maximum absolute atomic E-state index is 13.1. The van der Waals surface area contributed by atoms with E-state index in [0.717, 1.165) is 5.56 Å². The largest absolute Gasteiger partial charge is 0.491 e. The Morgan fingerprint density at radius 2 is 1.68 bits per heavy atom. The molecule has 0 aromatic heterocycles. The number of allylic oxidation sites excluding steroid dienone is 3. The van der Waals surface area contributed by atoms with Crippen molar-refractivity contribution in [3.63, 3.8) is 0 Å². The molecule has 1 aliphatic rings. The zero-order valence-electron chi connectivity index (χ0n) is 17.7. The number of aliphatic hydroxyl groups is 1. The van der Waals surface area contributed by atoms with Crippen molar-refractivity contribution in [3.05, 3.63) is 88.6 Å². The summed E-state index contributed by atoms with van der Waals surface area (Å²) in [4.78, 5) is 27.5. The lowest BCUT2D eigenvalue weighted by Gasteiger charge is -2.34. The number of ether oxygens (including phenoxy) is 1. The molecule has 162 valence electrons. The molecule has 31 heavy (non-hydrogen) atoms. The van der Waals surface area contributed by atoms with Crippen LogP contribution in [0, 0.1) is 0 Å². The van der Waals surface area contributed by atoms with Gasteiger partial charge in [-0.3, -0.25) is 9.59 Å². The van der Waals surface area contributed by atoms with Crippen molar-refractivity contribution < 1.29 is 19.4 Å². The number of para-hydroxylation sites is 1. The molecule has 6 heteroatoms. The molecule has 1 aliphatic carbocycles. The molecule has 3 rings (SSSR count). The number of Topliss-reactive ketones (excluding diaryl/α,β-unsaturated/α-hetero) is 2. The van der Waals surface area contributed by atoms with Crippen molar-refractivity contribution in [3.8, 4) is 5.75 Å². The minimum atomic E-state index is -0.906. The smallest absolute Gasteiger partial charge is 0.211 e. The maximum atomic E-state index is 13.1. The van der Waals surface area contributed by atoms with Crippen molar-refractivity contribution >= 4 is 23.2 Å². The highest BCUT2D eigenvalue weighted by atomic mass is 35.5. The fourth-order valence-electron chi connectivity index (χ4n) is 3.58. The van der Waals surface area contributed by atoms with Crippen LogP contribution in [0.15, 0.2) is 71.9 Å². The average molecular weight is 440 g/mol. The van der Waals surface area contributed by atoms with E-state index in [1.165, 1.54) is 0 Å². The van der Waals surface area contributed by atoms with Gasteiger partial charge in [0.15, 0.2) is 0 Å². The van der Waals surface area contributed by atoms with E-state index in [2.05, 4.69) is 6.58 Å². The van der Waals surface area contributed by atoms with Gasteiger partial charge in [0.1, 0.15) is 29.2 Å². The fraction of sp³-hybridized carbons (Fsp3) is 0.280. The molecule has 1 atom stereocenters. The van der Waals surface area contributed by atoms with Gasteiger partial charge in [-0.1, -0.05) is 60.1 Å². The highest BCUT2D eigenvalue weighted by molar-refractivity contribution is 6.49. The number of nitrogens with zero attached hydrogens (tertiary/aromatic N) is 1. The van der Waals surface area contributed by atoms with Crippen LogP contribution >= 0.6 is 11.6 Å². The Bertz CT molecular complexity index is 1030. The summed E-state index contributed by atoms with van der Waals surface area (Å²) < 4.78 is 5.83. The van der Waals surface area contributed by atoms with E-state index < -0.39 is 6.10 Å². The molecule has 2 aromatic rings. The van der Waals surface area contributed by atoms with Crippen LogP contribution in [0.25, 0.3) is 0 Å². The third kappa shape index (κ3) is 4.89. The number of halogens is 1. The first-order valence-electron chi connectivity index (χ1n) is 10.2. The second kappa shape index (κ2) is 9.94. The summed E-state index contributed by atoms with van der Waals surface area (Å²) in [6.45, 7) is 7.63. The molecule has 0 bridgehead atoms. The number of ketones is 2. The summed E-state index contributed by atoms with van der Waals surface area (Å²) in [6, 6.07) is 14.0. The zero-order chi connectivity index (χ0) is 22.5. The Labute approximate surface area is 187 Å². The van der Waals surface area contributed by atoms with Crippen LogP contribution in [-0.2, 0) is 6.42 Å². The Hall–Kier alpha value is -2.89. The molecule has 5 nitrogen and oxygen atoms in total. The molecular formula is C25H26ClNO4. The minimum Gasteiger partial charge on any atom is -0.491 e. The van der Waals surface area contributed by atoms with Crippen LogP contribution in [0.1, 0.15) is 40.1 Å². The first-order valence-corrected chi connectivity index (χ1v) is 10.6. The van der Waals surface area contributed by atoms with Crippen molar-refractivity contribution in [1.29, 1.82) is 0 Å². The summed E-state index contributed by atoms with van der Waals surface area (Å²) >= 11 is 6.35. The summed E-state index contributed by atoms with van der Waals surface area (Å²) in [7, 11) is 0. The van der Waals surface area contributed by atoms with Gasteiger partial charge in [0.25, 0.3) is 0 Å². The Morgan fingerprint density at radius 3 is 2.32 bits per heavy atom. The highest BCUT2D eigenvalue weighted by Gasteiger charge is 2.35. The lowest BCUT2D eigenvalue weighted by atomic mass is 9.91. The fourth-order valence-corrected chi connectivity index (χ4v) is 3.88. The van der Waals surface area contributed by atoms with Crippen molar-refractivity contribution in [2.75, 3.05) is 13.2 Å². The topological polar surface area (TPSA) is 66.8 Å². The molecule has 0 radical (unpaired) electrons. The molecule has 0 heterocycles. The van der Waals surface area contributed by atoms with E-state index in [9.17, 15) is 14.7 Å². The van der Waals surface area contributed by atoms with E-state index in [1.807, 2.05) is 38.1 Å². The van der Waals surface area contributed by atoms with Gasteiger partial charge in [0, 0.05) is 23.7 Å². The van der Waals surface area contributed by atoms with Crippen molar-refractivity contribution in [2.24, 2.45) is 0 Å². The summed E-state index contributed by atoms with van der Waals surface area (Å²) in [5.41, 5.74) is 1.71. The van der Waals surface area contributed by atoms with E-state index in [-0.39, 0.29) is 41.5 Å². The van der Waals surface area contributed by atoms with Crippen LogP contribution in [0.2, 0.25) is 0 Å². The molecule has 1 N–H and O–H groups in total. The Morgan fingerprint density at radius 1 is 1.06 bits per heavy atom. The molecule has 1 unspecified atom stereocenters. The van der Waals surface area contributed by atoms with Crippen LogP contribution in [0.3, 0.4) is 0 Å². The first kappa shape index (κ1) is 22.8. The number of aliphatic hydroxyl groups excluding tert-OH is 1. The van der Waals surface area contributed by atoms with Crippen LogP contribution < -0.4 is 4.74 Å². The van der Waals surface area contributed by atoms with Gasteiger partial charge in [-0.05, 0) is 31.9 Å². The predicted molar refractivity (Wildman–Crippen MR) is 122 cm³/mol. The SMILES string of the molecule is C=CCc1ccccc1OCC(O)CN(C1=C(Cl)C(=O)c2ccccc2C1=O)C(C)C. The van der Waals surface area contributed by atoms with Gasteiger partial charge in [-0.15, -0.1) is 6.58 Å². The maximum Gasteiger partial charge on any atom is 0.211 e. The quantitative estimate of drug-likeness (QED) is 0.587. The minimum absolute atomic E-state index is 0.0288. The molecule has 0 spiro atoms. The summed E-state index contributed by atoms with van der Waals surface area (Å²) in [6.07, 6.45) is 1.54. The van der Waals surface area contributed by atoms with Crippen LogP contribution in [-0.4, -0.2) is 46.9 Å². The predicted octanol–water partition coefficient (Wildman–Crippen LogP) is 4.39. The third-order valence-electron chi connectivity index (χ3n) is 5.12. The van der Waals surface area contributed by atoms with Gasteiger partial charge in [-0.25, -0.2) is 0 Å². The van der Waals surface area contributed by atoms with Gasteiger partial charge in [0.05, 0.1) is 0 Å². The normalized spacial score (nSPS) is 14.5. The van der Waals surface area contributed by atoms with E-state index in [4.69, 9.17) is 16.3 Å². The number of hydrogen-bond acceptors (Lipinski definition) is 5. The van der Waals surface area contributed by atoms with Crippen LogP contribution in [0.5, 0.6) is 5.75 Å². The molecule has 0 saturated heterocycles. The molecule has 0 aliphatic heterocycles. The average Bonchev–Trinajstić information content (AvgIpc) is 2.76. The second-order valence-electron chi connectivity index (χ2n) is 7.68. The van der Waals surface area contributed by atoms with Gasteiger partial charge in [0.2, 0.25) is 11.6 Å². The monoisotopic (exact) mass is 439 g/mol. The number of benzene rings is 2. The molecule has 0 amide bonds. The number of rotatable bonds is 9. The Balaban J connectivity index is 1.79. The molecule has 2 aromatic carbocycles. The van der Waals surface area contributed by atoms with Crippen LogP contribution in [0.4, 0.5) is 0 Å². The summed E-state index contributed by atoms with van der Waals surface area (Å²) in [5, 5.41) is 10.5. The van der Waals surface area contributed by atoms with E-state index in [1.54, 1.807) is 35.2 Å². The first-order chi connectivity index (χ1) is 14.8. The van der Waals surface area contributed by atoms with E-state index >= 15 is 0 Å². The van der Waals surface area contributed by atoms with Crippen molar-refractivity contribution in [2.45, 2.75) is 32.4 Å². The molecular weight excluding hydrogens is 414 g/mol. The Kier molecular flexibility index (Phi) is 7.31. The van der Waals surface area contributed by atoms with Crippen molar-refractivity contribution in [1.82, 2.24) is 4.90 Å². The van der Waals surface area contributed by atoms with Gasteiger partial charge >= 0.3 is 0 Å². The molecule has 0 fully saturated rings. The lowest BCUT2D eigenvalue weighted by molar-refractivity contribution is 0.0648. The number of fused-ring (bicyclic) bond motifs is 1. The zero-order valence-corrected chi connectivity index (χ0v) is 18.4. The van der Waals surface area contributed by atoms with E-state index in [0.29, 0.717) is 23.3 Å². The summed E-state index contributed by atoms with van der Waals surface area (Å²) in [5.74, 6) is -0.0346. The lowest BCUT2D eigenvalue weighted by Crippen LogP contribution is -2.43. The standard InChI is InChI=1S/C25H26ClNO4/c1-4-9-17-10-5-8-13-21(17)31-15-18(28)14-27(16(2)3)23-22(26)24(29)19-11-6-7-12-20(19)25(23)30/h4-8,10-13,16,18,28H,1,9,14-15H2,2-3H3.